The van der Waals surface area contributed by atoms with Gasteiger partial charge in [-0.15, -0.1) is 0 Å². The van der Waals surface area contributed by atoms with E-state index in [4.69, 9.17) is 0 Å². The standard InChI is InChI=1S/C22H20F6N4O2/c1-29-20(34)32-18(8-13-11-30-17-5-3-2-4-16(13)17)19(33)31-10-12-6-14(21(23,24)25)9-15(7-12)22(26,27)28/h2-7,9,11,18,30H,8,10H2,1H3,(H,31,33)(H2,29,32,34). The smallest absolute Gasteiger partial charge is 0.361 e. The van der Waals surface area contributed by atoms with Crippen molar-refractivity contribution in [3.63, 3.8) is 0 Å². The summed E-state index contributed by atoms with van der Waals surface area (Å²) >= 11 is 0. The van der Waals surface area contributed by atoms with Gasteiger partial charge in [-0.05, 0) is 35.4 Å². The molecule has 34 heavy (non-hydrogen) atoms. The van der Waals surface area contributed by atoms with Crippen LogP contribution < -0.4 is 16.0 Å². The summed E-state index contributed by atoms with van der Waals surface area (Å²) in [6.45, 7) is -0.606. The molecule has 0 saturated carbocycles. The molecule has 3 aromatic rings. The highest BCUT2D eigenvalue weighted by Gasteiger charge is 2.37. The fourth-order valence-electron chi connectivity index (χ4n) is 3.39. The molecule has 2 aromatic carbocycles. The largest absolute Gasteiger partial charge is 0.416 e. The summed E-state index contributed by atoms with van der Waals surface area (Å²) < 4.78 is 78.4. The monoisotopic (exact) mass is 486 g/mol. The molecule has 0 radical (unpaired) electrons. The van der Waals surface area contributed by atoms with Crippen LogP contribution in [0.4, 0.5) is 31.1 Å². The number of para-hydroxylation sites is 1. The topological polar surface area (TPSA) is 86.0 Å². The van der Waals surface area contributed by atoms with Crippen molar-refractivity contribution < 1.29 is 35.9 Å². The third-order valence-corrected chi connectivity index (χ3v) is 5.06. The zero-order chi connectivity index (χ0) is 25.1. The number of urea groups is 1. The maximum absolute atomic E-state index is 13.1. The van der Waals surface area contributed by atoms with E-state index < -0.39 is 48.0 Å². The molecule has 0 aliphatic carbocycles. The molecule has 0 aliphatic rings. The summed E-state index contributed by atoms with van der Waals surface area (Å²) in [5, 5.41) is 7.86. The Kier molecular flexibility index (Phi) is 7.08. The summed E-state index contributed by atoms with van der Waals surface area (Å²) in [7, 11) is 1.33. The normalized spacial score (nSPS) is 12.9. The van der Waals surface area contributed by atoms with Crippen LogP contribution in [0, 0.1) is 0 Å². The fourth-order valence-corrected chi connectivity index (χ4v) is 3.39. The Morgan fingerprint density at radius 1 is 0.971 bits per heavy atom. The first-order chi connectivity index (χ1) is 15.9. The van der Waals surface area contributed by atoms with Crippen molar-refractivity contribution in [3.05, 3.63) is 70.9 Å². The highest BCUT2D eigenvalue weighted by Crippen LogP contribution is 2.36. The van der Waals surface area contributed by atoms with Crippen molar-refractivity contribution in [1.82, 2.24) is 20.9 Å². The molecule has 0 bridgehead atoms. The van der Waals surface area contributed by atoms with Gasteiger partial charge in [0.1, 0.15) is 6.04 Å². The lowest BCUT2D eigenvalue weighted by Crippen LogP contribution is -2.50. The summed E-state index contributed by atoms with van der Waals surface area (Å²) in [5.41, 5.74) is -1.87. The summed E-state index contributed by atoms with van der Waals surface area (Å²) in [5.74, 6) is -0.778. The van der Waals surface area contributed by atoms with Crippen molar-refractivity contribution in [2.45, 2.75) is 31.4 Å². The minimum atomic E-state index is -5.00. The number of fused-ring (bicyclic) bond motifs is 1. The molecule has 182 valence electrons. The third kappa shape index (κ3) is 6.00. The molecular formula is C22H20F6N4O2. The first-order valence-corrected chi connectivity index (χ1v) is 9.98. The van der Waals surface area contributed by atoms with E-state index in [9.17, 15) is 35.9 Å². The second kappa shape index (κ2) is 9.65. The predicted octanol–water partition coefficient (Wildman–Crippen LogP) is 4.36. The van der Waals surface area contributed by atoms with Crippen LogP contribution >= 0.6 is 0 Å². The molecule has 1 aromatic heterocycles. The number of aromatic amines is 1. The molecule has 3 rings (SSSR count). The quantitative estimate of drug-likeness (QED) is 0.391. The average Bonchev–Trinajstić information content (AvgIpc) is 3.18. The Balaban J connectivity index is 1.82. The lowest BCUT2D eigenvalue weighted by molar-refractivity contribution is -0.143. The summed E-state index contributed by atoms with van der Waals surface area (Å²) in [6.07, 6.45) is -8.32. The molecule has 0 saturated heterocycles. The number of carbonyl (C=O) groups excluding carboxylic acids is 2. The number of halogens is 6. The van der Waals surface area contributed by atoms with Crippen LogP contribution in [0.2, 0.25) is 0 Å². The minimum absolute atomic E-state index is 0.0122. The number of H-pyrrole nitrogens is 1. The number of rotatable bonds is 6. The number of nitrogens with one attached hydrogen (secondary N) is 4. The van der Waals surface area contributed by atoms with Gasteiger partial charge in [-0.3, -0.25) is 4.79 Å². The molecule has 1 heterocycles. The summed E-state index contributed by atoms with van der Waals surface area (Å²) in [4.78, 5) is 27.7. The first-order valence-electron chi connectivity index (χ1n) is 9.98. The zero-order valence-electron chi connectivity index (χ0n) is 17.7. The van der Waals surface area contributed by atoms with E-state index in [1.807, 2.05) is 6.07 Å². The number of alkyl halides is 6. The van der Waals surface area contributed by atoms with Gasteiger partial charge in [0.2, 0.25) is 5.91 Å². The van der Waals surface area contributed by atoms with Crippen molar-refractivity contribution in [2.24, 2.45) is 0 Å². The number of amides is 3. The molecule has 1 unspecified atom stereocenters. The van der Waals surface area contributed by atoms with Crippen molar-refractivity contribution in [1.29, 1.82) is 0 Å². The van der Waals surface area contributed by atoms with Crippen molar-refractivity contribution in [3.8, 4) is 0 Å². The number of hydrogen-bond donors (Lipinski definition) is 4. The second-order valence-electron chi connectivity index (χ2n) is 7.47. The first kappa shape index (κ1) is 24.9. The van der Waals surface area contributed by atoms with Gasteiger partial charge in [-0.25, -0.2) is 4.79 Å². The van der Waals surface area contributed by atoms with E-state index in [2.05, 4.69) is 20.9 Å². The second-order valence-corrected chi connectivity index (χ2v) is 7.47. The van der Waals surface area contributed by atoms with Crippen LogP contribution in [0.3, 0.4) is 0 Å². The van der Waals surface area contributed by atoms with Crippen molar-refractivity contribution in [2.75, 3.05) is 7.05 Å². The van der Waals surface area contributed by atoms with E-state index in [1.54, 1.807) is 24.4 Å². The van der Waals surface area contributed by atoms with E-state index in [0.29, 0.717) is 17.7 Å². The van der Waals surface area contributed by atoms with Gasteiger partial charge in [-0.1, -0.05) is 18.2 Å². The number of benzene rings is 2. The highest BCUT2D eigenvalue weighted by atomic mass is 19.4. The van der Waals surface area contributed by atoms with Crippen LogP contribution in [0.15, 0.2) is 48.7 Å². The lowest BCUT2D eigenvalue weighted by atomic mass is 10.0. The molecular weight excluding hydrogens is 466 g/mol. The molecule has 12 heteroatoms. The van der Waals surface area contributed by atoms with Gasteiger partial charge in [0.05, 0.1) is 11.1 Å². The predicted molar refractivity (Wildman–Crippen MR) is 112 cm³/mol. The van der Waals surface area contributed by atoms with Crippen LogP contribution in [0.25, 0.3) is 10.9 Å². The maximum atomic E-state index is 13.1. The molecule has 1 atom stereocenters. The van der Waals surface area contributed by atoms with Crippen LogP contribution in [0.1, 0.15) is 22.3 Å². The lowest BCUT2D eigenvalue weighted by Gasteiger charge is -2.19. The van der Waals surface area contributed by atoms with Crippen molar-refractivity contribution >= 4 is 22.8 Å². The number of carbonyl (C=O) groups is 2. The van der Waals surface area contributed by atoms with Crippen LogP contribution in [-0.2, 0) is 30.1 Å². The molecule has 4 N–H and O–H groups in total. The fraction of sp³-hybridized carbons (Fsp3) is 0.273. The van der Waals surface area contributed by atoms with Crippen LogP contribution in [-0.4, -0.2) is 30.0 Å². The Hall–Kier alpha value is -3.70. The SMILES string of the molecule is CNC(=O)NC(Cc1c[nH]c2ccccc12)C(=O)NCc1cc(C(F)(F)F)cc(C(F)(F)F)c1. The molecule has 0 fully saturated rings. The summed E-state index contributed by atoms with van der Waals surface area (Å²) in [6, 6.07) is 6.46. The Bertz CT molecular complexity index is 1150. The van der Waals surface area contributed by atoms with Gasteiger partial charge in [0.25, 0.3) is 0 Å². The van der Waals surface area contributed by atoms with Crippen LogP contribution in [0.5, 0.6) is 0 Å². The third-order valence-electron chi connectivity index (χ3n) is 5.06. The van der Waals surface area contributed by atoms with E-state index >= 15 is 0 Å². The van der Waals surface area contributed by atoms with Gasteiger partial charge >= 0.3 is 18.4 Å². The molecule has 3 amide bonds. The highest BCUT2D eigenvalue weighted by molar-refractivity contribution is 5.89. The number of aromatic nitrogens is 1. The molecule has 0 spiro atoms. The van der Waals surface area contributed by atoms with Gasteiger partial charge < -0.3 is 20.9 Å². The van der Waals surface area contributed by atoms with Gasteiger partial charge in [-0.2, -0.15) is 26.3 Å². The average molecular weight is 486 g/mol. The van der Waals surface area contributed by atoms with Gasteiger partial charge in [0.15, 0.2) is 0 Å². The van der Waals surface area contributed by atoms with Gasteiger partial charge in [0, 0.05) is 37.1 Å². The Labute approximate surface area is 189 Å². The maximum Gasteiger partial charge on any atom is 0.416 e. The Morgan fingerprint density at radius 3 is 2.18 bits per heavy atom. The van der Waals surface area contributed by atoms with E-state index in [-0.39, 0.29) is 18.1 Å². The van der Waals surface area contributed by atoms with E-state index in [0.717, 1.165) is 10.9 Å². The minimum Gasteiger partial charge on any atom is -0.361 e. The van der Waals surface area contributed by atoms with E-state index in [1.165, 1.54) is 7.05 Å². The molecule has 0 aliphatic heterocycles. The zero-order valence-corrected chi connectivity index (χ0v) is 17.7. The Morgan fingerprint density at radius 2 is 1.59 bits per heavy atom. The number of hydrogen-bond acceptors (Lipinski definition) is 2. The molecule has 6 nitrogen and oxygen atoms in total.